The lowest BCUT2D eigenvalue weighted by Gasteiger charge is -2.12. The number of carbonyl (C=O) groups is 1. The van der Waals surface area contributed by atoms with Crippen molar-refractivity contribution in [3.63, 3.8) is 0 Å². The third kappa shape index (κ3) is 2.98. The third-order valence-corrected chi connectivity index (χ3v) is 4.27. The van der Waals surface area contributed by atoms with Crippen molar-refractivity contribution in [2.24, 2.45) is 5.73 Å². The standard InChI is InChI=1S/C12H14N2OS2/c13-11(16)8-4-1-2-5-9(8)14-12(15)10-6-3-7-17-10/h1-2,4-5,10H,3,6-7H2,(H2,13,16)(H,14,15). The first kappa shape index (κ1) is 12.4. The van der Waals surface area contributed by atoms with Crippen LogP contribution in [0, 0.1) is 0 Å². The molecule has 1 fully saturated rings. The number of nitrogens with two attached hydrogens (primary N) is 1. The number of rotatable bonds is 3. The number of nitrogens with one attached hydrogen (secondary N) is 1. The van der Waals surface area contributed by atoms with Gasteiger partial charge in [0, 0.05) is 5.56 Å². The number of hydrogen-bond acceptors (Lipinski definition) is 3. The van der Waals surface area contributed by atoms with E-state index in [9.17, 15) is 4.79 Å². The maximum atomic E-state index is 12.0. The van der Waals surface area contributed by atoms with Gasteiger partial charge in [-0.15, -0.1) is 11.8 Å². The Morgan fingerprint density at radius 1 is 1.47 bits per heavy atom. The molecule has 1 saturated heterocycles. The van der Waals surface area contributed by atoms with Crippen molar-refractivity contribution in [3.05, 3.63) is 29.8 Å². The van der Waals surface area contributed by atoms with E-state index in [4.69, 9.17) is 18.0 Å². The van der Waals surface area contributed by atoms with Crippen LogP contribution in [0.5, 0.6) is 0 Å². The molecule has 1 unspecified atom stereocenters. The van der Waals surface area contributed by atoms with Gasteiger partial charge < -0.3 is 11.1 Å². The number of hydrogen-bond donors (Lipinski definition) is 2. The van der Waals surface area contributed by atoms with Crippen molar-refractivity contribution >= 4 is 40.6 Å². The summed E-state index contributed by atoms with van der Waals surface area (Å²) >= 11 is 6.67. The Hall–Kier alpha value is -1.07. The number of thiocarbonyl (C=S) groups is 1. The molecule has 2 rings (SSSR count). The SMILES string of the molecule is NC(=S)c1ccccc1NC(=O)C1CCCS1. The molecule has 1 atom stereocenters. The lowest BCUT2D eigenvalue weighted by atomic mass is 10.1. The monoisotopic (exact) mass is 266 g/mol. The first-order valence-electron chi connectivity index (χ1n) is 5.50. The smallest absolute Gasteiger partial charge is 0.237 e. The molecule has 1 aromatic carbocycles. The van der Waals surface area contributed by atoms with E-state index in [1.165, 1.54) is 0 Å². The summed E-state index contributed by atoms with van der Waals surface area (Å²) in [6, 6.07) is 7.36. The molecule has 3 nitrogen and oxygen atoms in total. The summed E-state index contributed by atoms with van der Waals surface area (Å²) in [6.07, 6.45) is 2.06. The molecule has 1 aliphatic heterocycles. The summed E-state index contributed by atoms with van der Waals surface area (Å²) in [5, 5.41) is 2.97. The van der Waals surface area contributed by atoms with E-state index in [0.717, 1.165) is 24.2 Å². The minimum Gasteiger partial charge on any atom is -0.389 e. The zero-order valence-electron chi connectivity index (χ0n) is 9.31. The lowest BCUT2D eigenvalue weighted by molar-refractivity contribution is -0.115. The molecule has 3 N–H and O–H groups in total. The zero-order valence-corrected chi connectivity index (χ0v) is 10.9. The Kier molecular flexibility index (Phi) is 4.02. The molecule has 0 spiro atoms. The Balaban J connectivity index is 2.12. The van der Waals surface area contributed by atoms with Gasteiger partial charge in [-0.05, 0) is 30.7 Å². The van der Waals surface area contributed by atoms with Gasteiger partial charge in [-0.2, -0.15) is 0 Å². The molecule has 1 amide bonds. The highest BCUT2D eigenvalue weighted by atomic mass is 32.2. The van der Waals surface area contributed by atoms with E-state index in [2.05, 4.69) is 5.32 Å². The molecular formula is C12H14N2OS2. The number of benzene rings is 1. The van der Waals surface area contributed by atoms with Gasteiger partial charge >= 0.3 is 0 Å². The molecular weight excluding hydrogens is 252 g/mol. The largest absolute Gasteiger partial charge is 0.389 e. The van der Waals surface area contributed by atoms with Gasteiger partial charge in [-0.25, -0.2) is 0 Å². The zero-order chi connectivity index (χ0) is 12.3. The second-order valence-corrected chi connectivity index (χ2v) is 5.65. The summed E-state index contributed by atoms with van der Waals surface area (Å²) in [7, 11) is 0. The Morgan fingerprint density at radius 2 is 2.24 bits per heavy atom. The molecule has 0 radical (unpaired) electrons. The van der Waals surface area contributed by atoms with Crippen molar-refractivity contribution in [1.29, 1.82) is 0 Å². The fourth-order valence-electron chi connectivity index (χ4n) is 1.80. The number of para-hydroxylation sites is 1. The summed E-state index contributed by atoms with van der Waals surface area (Å²) < 4.78 is 0. The van der Waals surface area contributed by atoms with Gasteiger partial charge in [-0.3, -0.25) is 4.79 Å². The first-order chi connectivity index (χ1) is 8.18. The molecule has 0 saturated carbocycles. The fraction of sp³-hybridized carbons (Fsp3) is 0.333. The first-order valence-corrected chi connectivity index (χ1v) is 6.95. The van der Waals surface area contributed by atoms with Crippen LogP contribution in [-0.4, -0.2) is 21.9 Å². The minimum atomic E-state index is 0.0520. The highest BCUT2D eigenvalue weighted by Crippen LogP contribution is 2.27. The van der Waals surface area contributed by atoms with Crippen LogP contribution in [0.2, 0.25) is 0 Å². The van der Waals surface area contributed by atoms with Crippen molar-refractivity contribution in [2.75, 3.05) is 11.1 Å². The third-order valence-electron chi connectivity index (χ3n) is 2.67. The van der Waals surface area contributed by atoms with Crippen molar-refractivity contribution in [2.45, 2.75) is 18.1 Å². The minimum absolute atomic E-state index is 0.0520. The van der Waals surface area contributed by atoms with Gasteiger partial charge in [0.25, 0.3) is 0 Å². The Morgan fingerprint density at radius 3 is 2.88 bits per heavy atom. The van der Waals surface area contributed by atoms with Crippen LogP contribution in [0.4, 0.5) is 5.69 Å². The summed E-state index contributed by atoms with van der Waals surface area (Å²) in [4.78, 5) is 12.3. The van der Waals surface area contributed by atoms with Gasteiger partial charge in [0.2, 0.25) is 5.91 Å². The number of carbonyl (C=O) groups excluding carboxylic acids is 1. The van der Waals surface area contributed by atoms with Crippen LogP contribution in [-0.2, 0) is 4.79 Å². The highest BCUT2D eigenvalue weighted by Gasteiger charge is 2.23. The normalized spacial score (nSPS) is 18.9. The van der Waals surface area contributed by atoms with E-state index in [-0.39, 0.29) is 11.2 Å². The summed E-state index contributed by atoms with van der Waals surface area (Å²) in [5.74, 6) is 1.12. The van der Waals surface area contributed by atoms with Crippen molar-refractivity contribution in [3.8, 4) is 0 Å². The van der Waals surface area contributed by atoms with Gasteiger partial charge in [0.1, 0.15) is 4.99 Å². The lowest BCUT2D eigenvalue weighted by Crippen LogP contribution is -2.24. The van der Waals surface area contributed by atoms with E-state index in [0.29, 0.717) is 10.7 Å². The average molecular weight is 266 g/mol. The predicted molar refractivity (Wildman–Crippen MR) is 76.4 cm³/mol. The molecule has 90 valence electrons. The number of amides is 1. The van der Waals surface area contributed by atoms with Crippen molar-refractivity contribution < 1.29 is 4.79 Å². The van der Waals surface area contributed by atoms with E-state index < -0.39 is 0 Å². The van der Waals surface area contributed by atoms with Crippen LogP contribution in [0.15, 0.2) is 24.3 Å². The van der Waals surface area contributed by atoms with Gasteiger partial charge in [0.15, 0.2) is 0 Å². The van der Waals surface area contributed by atoms with E-state index in [1.807, 2.05) is 24.3 Å². The Labute approximate surface area is 110 Å². The fourth-order valence-corrected chi connectivity index (χ4v) is 3.14. The molecule has 0 aliphatic carbocycles. The summed E-state index contributed by atoms with van der Waals surface area (Å²) in [6.45, 7) is 0. The van der Waals surface area contributed by atoms with E-state index in [1.54, 1.807) is 11.8 Å². The van der Waals surface area contributed by atoms with Gasteiger partial charge in [0.05, 0.1) is 10.9 Å². The van der Waals surface area contributed by atoms with Crippen LogP contribution < -0.4 is 11.1 Å². The maximum absolute atomic E-state index is 12.0. The highest BCUT2D eigenvalue weighted by molar-refractivity contribution is 8.00. The van der Waals surface area contributed by atoms with Crippen LogP contribution in [0.3, 0.4) is 0 Å². The number of thioether (sulfide) groups is 1. The van der Waals surface area contributed by atoms with Crippen LogP contribution in [0.25, 0.3) is 0 Å². The second-order valence-electron chi connectivity index (χ2n) is 3.90. The van der Waals surface area contributed by atoms with Crippen molar-refractivity contribution in [1.82, 2.24) is 0 Å². The number of anilines is 1. The molecule has 0 bridgehead atoms. The molecule has 1 aromatic rings. The second kappa shape index (κ2) is 5.51. The van der Waals surface area contributed by atoms with Gasteiger partial charge in [-0.1, -0.05) is 24.4 Å². The molecule has 1 heterocycles. The molecule has 0 aromatic heterocycles. The molecule has 1 aliphatic rings. The average Bonchev–Trinajstić information content (AvgIpc) is 2.83. The Bertz CT molecular complexity index is 442. The topological polar surface area (TPSA) is 55.1 Å². The molecule has 5 heteroatoms. The maximum Gasteiger partial charge on any atom is 0.237 e. The molecule has 17 heavy (non-hydrogen) atoms. The summed E-state index contributed by atoms with van der Waals surface area (Å²) in [5.41, 5.74) is 7.05. The van der Waals surface area contributed by atoms with E-state index >= 15 is 0 Å². The predicted octanol–water partition coefficient (Wildman–Crippen LogP) is 2.15. The van der Waals surface area contributed by atoms with Crippen LogP contribution in [0.1, 0.15) is 18.4 Å². The quantitative estimate of drug-likeness (QED) is 0.823. The van der Waals surface area contributed by atoms with Crippen LogP contribution >= 0.6 is 24.0 Å².